The van der Waals surface area contributed by atoms with Crippen molar-refractivity contribution < 1.29 is 9.18 Å². The van der Waals surface area contributed by atoms with Crippen LogP contribution >= 0.6 is 0 Å². The number of aromatic nitrogens is 2. The molecule has 4 nitrogen and oxygen atoms in total. The molecule has 0 unspecified atom stereocenters. The molecular weight excluding hydrogens is 257 g/mol. The van der Waals surface area contributed by atoms with Gasteiger partial charge in [-0.05, 0) is 25.8 Å². The van der Waals surface area contributed by atoms with Crippen LogP contribution in [0.2, 0.25) is 0 Å². The molecular formula is C15H16FN3O. The summed E-state index contributed by atoms with van der Waals surface area (Å²) in [5.74, 6) is -0.0176. The van der Waals surface area contributed by atoms with Gasteiger partial charge in [-0.1, -0.05) is 24.6 Å². The van der Waals surface area contributed by atoms with Gasteiger partial charge in [0.2, 0.25) is 5.91 Å². The van der Waals surface area contributed by atoms with Crippen molar-refractivity contribution in [3.8, 4) is 0 Å². The molecule has 0 bridgehead atoms. The van der Waals surface area contributed by atoms with Crippen molar-refractivity contribution in [2.45, 2.75) is 31.6 Å². The minimum atomic E-state index is -0.752. The lowest BCUT2D eigenvalue weighted by atomic mass is 9.63. The summed E-state index contributed by atoms with van der Waals surface area (Å²) in [5, 5.41) is 9.55. The van der Waals surface area contributed by atoms with Gasteiger partial charge >= 0.3 is 0 Å². The Morgan fingerprint density at radius 3 is 2.70 bits per heavy atom. The molecule has 1 aromatic heterocycles. The van der Waals surface area contributed by atoms with E-state index >= 15 is 0 Å². The smallest absolute Gasteiger partial charge is 0.236 e. The summed E-state index contributed by atoms with van der Waals surface area (Å²) in [5.41, 5.74) is 0.600. The van der Waals surface area contributed by atoms with Crippen molar-refractivity contribution in [2.24, 2.45) is 0 Å². The summed E-state index contributed by atoms with van der Waals surface area (Å²) in [6.07, 6.45) is 2.27. The van der Waals surface area contributed by atoms with E-state index in [9.17, 15) is 9.18 Å². The first-order valence-corrected chi connectivity index (χ1v) is 6.70. The van der Waals surface area contributed by atoms with E-state index in [-0.39, 0.29) is 11.7 Å². The number of hydrogen-bond donors (Lipinski definition) is 2. The van der Waals surface area contributed by atoms with Gasteiger partial charge in [0, 0.05) is 17.3 Å². The Labute approximate surface area is 116 Å². The Kier molecular flexibility index (Phi) is 3.04. The number of aromatic amines is 1. The third-order valence-electron chi connectivity index (χ3n) is 3.98. The number of carbonyl (C=O) groups is 1. The number of nitrogens with zero attached hydrogens (tertiary/aromatic N) is 1. The molecule has 1 heterocycles. The van der Waals surface area contributed by atoms with Crippen molar-refractivity contribution in [2.75, 3.05) is 5.32 Å². The van der Waals surface area contributed by atoms with Crippen LogP contribution in [0.3, 0.4) is 0 Å². The summed E-state index contributed by atoms with van der Waals surface area (Å²) in [6, 6.07) is 8.27. The zero-order valence-corrected chi connectivity index (χ0v) is 11.2. The van der Waals surface area contributed by atoms with Gasteiger partial charge in [0.25, 0.3) is 0 Å². The zero-order chi connectivity index (χ0) is 14.2. The van der Waals surface area contributed by atoms with Crippen molar-refractivity contribution in [3.05, 3.63) is 47.4 Å². The van der Waals surface area contributed by atoms with E-state index in [0.29, 0.717) is 24.2 Å². The number of benzene rings is 1. The number of H-pyrrole nitrogens is 1. The highest BCUT2D eigenvalue weighted by Crippen LogP contribution is 2.45. The van der Waals surface area contributed by atoms with Gasteiger partial charge in [-0.25, -0.2) is 4.39 Å². The van der Waals surface area contributed by atoms with Gasteiger partial charge < -0.3 is 5.32 Å². The first-order chi connectivity index (χ1) is 9.62. The molecule has 1 saturated carbocycles. The van der Waals surface area contributed by atoms with Crippen LogP contribution in [0.25, 0.3) is 0 Å². The summed E-state index contributed by atoms with van der Waals surface area (Å²) in [6.45, 7) is 1.86. The second-order valence-electron chi connectivity index (χ2n) is 5.31. The molecule has 2 N–H and O–H groups in total. The molecule has 1 fully saturated rings. The first kappa shape index (κ1) is 12.8. The predicted octanol–water partition coefficient (Wildman–Crippen LogP) is 2.92. The summed E-state index contributed by atoms with van der Waals surface area (Å²) in [4.78, 5) is 12.5. The average molecular weight is 273 g/mol. The number of carbonyl (C=O) groups excluding carboxylic acids is 1. The molecule has 1 amide bonds. The fourth-order valence-corrected chi connectivity index (χ4v) is 2.72. The highest BCUT2D eigenvalue weighted by atomic mass is 19.1. The van der Waals surface area contributed by atoms with Gasteiger partial charge in [0.15, 0.2) is 5.82 Å². The molecule has 20 heavy (non-hydrogen) atoms. The van der Waals surface area contributed by atoms with Crippen LogP contribution in [-0.2, 0) is 10.2 Å². The van der Waals surface area contributed by atoms with E-state index < -0.39 is 5.41 Å². The van der Waals surface area contributed by atoms with Crippen molar-refractivity contribution in [1.29, 1.82) is 0 Å². The monoisotopic (exact) mass is 273 g/mol. The Morgan fingerprint density at radius 2 is 2.15 bits per heavy atom. The maximum absolute atomic E-state index is 14.0. The first-order valence-electron chi connectivity index (χ1n) is 6.70. The van der Waals surface area contributed by atoms with Gasteiger partial charge in [0.1, 0.15) is 5.82 Å². The van der Waals surface area contributed by atoms with Crippen LogP contribution in [0.5, 0.6) is 0 Å². The van der Waals surface area contributed by atoms with Crippen molar-refractivity contribution in [3.63, 3.8) is 0 Å². The second kappa shape index (κ2) is 4.74. The predicted molar refractivity (Wildman–Crippen MR) is 73.9 cm³/mol. The lowest BCUT2D eigenvalue weighted by molar-refractivity contribution is -0.124. The molecule has 1 aliphatic rings. The summed E-state index contributed by atoms with van der Waals surface area (Å²) < 4.78 is 14.0. The maximum atomic E-state index is 14.0. The van der Waals surface area contributed by atoms with Crippen LogP contribution in [-0.4, -0.2) is 16.1 Å². The highest BCUT2D eigenvalue weighted by Gasteiger charge is 2.47. The van der Waals surface area contributed by atoms with E-state index in [1.165, 1.54) is 6.07 Å². The number of anilines is 1. The lowest BCUT2D eigenvalue weighted by Crippen LogP contribution is -2.46. The molecule has 0 aliphatic heterocycles. The molecule has 0 saturated heterocycles. The van der Waals surface area contributed by atoms with Crippen molar-refractivity contribution >= 4 is 11.7 Å². The van der Waals surface area contributed by atoms with Crippen LogP contribution < -0.4 is 5.32 Å². The number of aryl methyl sites for hydroxylation is 1. The zero-order valence-electron chi connectivity index (χ0n) is 11.2. The molecule has 0 radical (unpaired) electrons. The van der Waals surface area contributed by atoms with E-state index in [0.717, 1.165) is 12.1 Å². The molecule has 0 spiro atoms. The molecule has 2 aromatic rings. The van der Waals surface area contributed by atoms with E-state index in [4.69, 9.17) is 0 Å². The number of hydrogen-bond acceptors (Lipinski definition) is 2. The van der Waals surface area contributed by atoms with Gasteiger partial charge in [-0.3, -0.25) is 9.89 Å². The SMILES string of the molecule is Cc1cc(NC(=O)C2(c3ccccc3F)CCC2)n[nH]1. The molecule has 5 heteroatoms. The molecule has 1 aromatic carbocycles. The van der Waals surface area contributed by atoms with Crippen LogP contribution in [0.15, 0.2) is 30.3 Å². The number of nitrogens with one attached hydrogen (secondary N) is 2. The fourth-order valence-electron chi connectivity index (χ4n) is 2.72. The van der Waals surface area contributed by atoms with E-state index in [2.05, 4.69) is 15.5 Å². The summed E-state index contributed by atoms with van der Waals surface area (Å²) >= 11 is 0. The summed E-state index contributed by atoms with van der Waals surface area (Å²) in [7, 11) is 0. The topological polar surface area (TPSA) is 57.8 Å². The van der Waals surface area contributed by atoms with Crippen LogP contribution in [0.1, 0.15) is 30.5 Å². The Bertz CT molecular complexity index is 646. The maximum Gasteiger partial charge on any atom is 0.236 e. The van der Waals surface area contributed by atoms with Gasteiger partial charge in [0.05, 0.1) is 5.41 Å². The second-order valence-corrected chi connectivity index (χ2v) is 5.31. The van der Waals surface area contributed by atoms with Crippen molar-refractivity contribution in [1.82, 2.24) is 10.2 Å². The fraction of sp³-hybridized carbons (Fsp3) is 0.333. The molecule has 104 valence electrons. The third kappa shape index (κ3) is 1.99. The minimum absolute atomic E-state index is 0.180. The Morgan fingerprint density at radius 1 is 1.40 bits per heavy atom. The number of rotatable bonds is 3. The molecule has 0 atom stereocenters. The standard InChI is InChI=1S/C15H16FN3O/c1-10-9-13(19-18-10)17-14(20)15(7-4-8-15)11-5-2-3-6-12(11)16/h2-3,5-6,9H,4,7-8H2,1H3,(H2,17,18,19,20). The third-order valence-corrected chi connectivity index (χ3v) is 3.98. The average Bonchev–Trinajstić information content (AvgIpc) is 2.76. The van der Waals surface area contributed by atoms with E-state index in [1.54, 1.807) is 24.3 Å². The number of halogens is 1. The van der Waals surface area contributed by atoms with E-state index in [1.807, 2.05) is 6.92 Å². The number of amides is 1. The molecule has 3 rings (SSSR count). The van der Waals surface area contributed by atoms with Crippen LogP contribution in [0, 0.1) is 12.7 Å². The van der Waals surface area contributed by atoms with Crippen LogP contribution in [0.4, 0.5) is 10.2 Å². The lowest BCUT2D eigenvalue weighted by Gasteiger charge is -2.40. The largest absolute Gasteiger partial charge is 0.308 e. The van der Waals surface area contributed by atoms with Gasteiger partial charge in [-0.2, -0.15) is 5.10 Å². The highest BCUT2D eigenvalue weighted by molar-refractivity contribution is 5.99. The normalized spacial score (nSPS) is 16.5. The van der Waals surface area contributed by atoms with Gasteiger partial charge in [-0.15, -0.1) is 0 Å². The molecule has 1 aliphatic carbocycles. The Hall–Kier alpha value is -2.17. The Balaban J connectivity index is 1.89. The quantitative estimate of drug-likeness (QED) is 0.903. The minimum Gasteiger partial charge on any atom is -0.308 e.